The number of ether oxygens (including phenoxy) is 1. The largest absolute Gasteiger partial charge is 0.504 e. The normalized spacial score (nSPS) is 27.5. The summed E-state index contributed by atoms with van der Waals surface area (Å²) >= 11 is 0. The SMILES string of the molecule is COc1cccc(C2(N)CC2(C)C)c1O. The summed E-state index contributed by atoms with van der Waals surface area (Å²) in [6.45, 7) is 4.21. The van der Waals surface area contributed by atoms with E-state index in [1.54, 1.807) is 13.2 Å². The second kappa shape index (κ2) is 2.89. The first-order valence-electron chi connectivity index (χ1n) is 5.08. The van der Waals surface area contributed by atoms with Crippen molar-refractivity contribution in [3.05, 3.63) is 23.8 Å². The van der Waals surface area contributed by atoms with Crippen LogP contribution in [0.2, 0.25) is 0 Å². The third-order valence-corrected chi connectivity index (χ3v) is 3.50. The number of hydrogen-bond acceptors (Lipinski definition) is 3. The molecule has 0 radical (unpaired) electrons. The molecule has 0 spiro atoms. The lowest BCUT2D eigenvalue weighted by molar-refractivity contribution is 0.364. The van der Waals surface area contributed by atoms with Crippen molar-refractivity contribution in [2.75, 3.05) is 7.11 Å². The summed E-state index contributed by atoms with van der Waals surface area (Å²) in [4.78, 5) is 0. The van der Waals surface area contributed by atoms with Crippen LogP contribution in [0.3, 0.4) is 0 Å². The van der Waals surface area contributed by atoms with Gasteiger partial charge in [0.15, 0.2) is 11.5 Å². The predicted molar refractivity (Wildman–Crippen MR) is 58.9 cm³/mol. The molecule has 82 valence electrons. The van der Waals surface area contributed by atoms with Crippen LogP contribution in [0.25, 0.3) is 0 Å². The Balaban J connectivity index is 2.47. The number of para-hydroxylation sites is 1. The quantitative estimate of drug-likeness (QED) is 0.779. The maximum Gasteiger partial charge on any atom is 0.162 e. The molecule has 1 saturated carbocycles. The summed E-state index contributed by atoms with van der Waals surface area (Å²) in [5.41, 5.74) is 6.68. The van der Waals surface area contributed by atoms with Crippen molar-refractivity contribution >= 4 is 0 Å². The first-order valence-corrected chi connectivity index (χ1v) is 5.08. The molecule has 0 amide bonds. The van der Waals surface area contributed by atoms with Gasteiger partial charge in [-0.3, -0.25) is 0 Å². The topological polar surface area (TPSA) is 55.5 Å². The average Bonchev–Trinajstić information content (AvgIpc) is 2.67. The lowest BCUT2D eigenvalue weighted by Crippen LogP contribution is -2.25. The van der Waals surface area contributed by atoms with Gasteiger partial charge >= 0.3 is 0 Å². The van der Waals surface area contributed by atoms with Crippen molar-refractivity contribution in [3.63, 3.8) is 0 Å². The fraction of sp³-hybridized carbons (Fsp3) is 0.500. The van der Waals surface area contributed by atoms with Gasteiger partial charge in [-0.05, 0) is 17.9 Å². The van der Waals surface area contributed by atoms with E-state index in [0.717, 1.165) is 12.0 Å². The van der Waals surface area contributed by atoms with Crippen LogP contribution in [0, 0.1) is 5.41 Å². The van der Waals surface area contributed by atoms with Crippen LogP contribution < -0.4 is 10.5 Å². The van der Waals surface area contributed by atoms with Crippen molar-refractivity contribution in [2.45, 2.75) is 25.8 Å². The highest BCUT2D eigenvalue weighted by molar-refractivity contribution is 5.52. The van der Waals surface area contributed by atoms with Gasteiger partial charge in [-0.25, -0.2) is 0 Å². The zero-order valence-corrected chi connectivity index (χ0v) is 9.37. The summed E-state index contributed by atoms with van der Waals surface area (Å²) < 4.78 is 5.07. The Morgan fingerprint density at radius 2 is 2.00 bits per heavy atom. The van der Waals surface area contributed by atoms with Crippen molar-refractivity contribution in [2.24, 2.45) is 11.1 Å². The standard InChI is InChI=1S/C12H17NO2/c1-11(2)7-12(11,13)8-5-4-6-9(15-3)10(8)14/h4-6,14H,7,13H2,1-3H3. The first kappa shape index (κ1) is 10.3. The number of benzene rings is 1. The van der Waals surface area contributed by atoms with Gasteiger partial charge in [-0.15, -0.1) is 0 Å². The molecule has 3 N–H and O–H groups in total. The van der Waals surface area contributed by atoms with Crippen LogP contribution >= 0.6 is 0 Å². The van der Waals surface area contributed by atoms with E-state index >= 15 is 0 Å². The third-order valence-electron chi connectivity index (χ3n) is 3.50. The summed E-state index contributed by atoms with van der Waals surface area (Å²) in [6, 6.07) is 5.46. The molecule has 0 saturated heterocycles. The first-order chi connectivity index (χ1) is 6.92. The van der Waals surface area contributed by atoms with E-state index in [1.807, 2.05) is 12.1 Å². The Hall–Kier alpha value is -1.22. The minimum atomic E-state index is -0.411. The zero-order valence-electron chi connectivity index (χ0n) is 9.37. The molecule has 0 bridgehead atoms. The highest BCUT2D eigenvalue weighted by Gasteiger charge is 2.60. The van der Waals surface area contributed by atoms with Gasteiger partial charge in [0.25, 0.3) is 0 Å². The Labute approximate surface area is 89.9 Å². The molecule has 0 heterocycles. The van der Waals surface area contributed by atoms with Crippen molar-refractivity contribution in [1.82, 2.24) is 0 Å². The summed E-state index contributed by atoms with van der Waals surface area (Å²) in [7, 11) is 1.54. The van der Waals surface area contributed by atoms with Crippen LogP contribution in [0.15, 0.2) is 18.2 Å². The number of rotatable bonds is 2. The minimum Gasteiger partial charge on any atom is -0.504 e. The Morgan fingerprint density at radius 1 is 1.40 bits per heavy atom. The van der Waals surface area contributed by atoms with E-state index in [4.69, 9.17) is 10.5 Å². The summed E-state index contributed by atoms with van der Waals surface area (Å²) in [5.74, 6) is 0.660. The lowest BCUT2D eigenvalue weighted by atomic mass is 9.96. The molecule has 1 aromatic rings. The minimum absolute atomic E-state index is 0.0524. The van der Waals surface area contributed by atoms with Gasteiger partial charge in [-0.1, -0.05) is 26.0 Å². The van der Waals surface area contributed by atoms with E-state index in [0.29, 0.717) is 5.75 Å². The van der Waals surface area contributed by atoms with Crippen LogP contribution in [0.4, 0.5) is 0 Å². The predicted octanol–water partition coefficient (Wildman–Crippen LogP) is 1.98. The Bertz CT molecular complexity index is 401. The number of methoxy groups -OCH3 is 1. The molecule has 0 aliphatic heterocycles. The van der Waals surface area contributed by atoms with Crippen molar-refractivity contribution in [3.8, 4) is 11.5 Å². The van der Waals surface area contributed by atoms with E-state index in [9.17, 15) is 5.11 Å². The van der Waals surface area contributed by atoms with Crippen LogP contribution in [0.1, 0.15) is 25.8 Å². The molecule has 1 unspecified atom stereocenters. The molecule has 0 aromatic heterocycles. The van der Waals surface area contributed by atoms with Gasteiger partial charge in [0.2, 0.25) is 0 Å². The lowest BCUT2D eigenvalue weighted by Gasteiger charge is -2.18. The van der Waals surface area contributed by atoms with E-state index in [1.165, 1.54) is 0 Å². The number of hydrogen-bond donors (Lipinski definition) is 2. The fourth-order valence-corrected chi connectivity index (χ4v) is 2.16. The summed E-state index contributed by atoms with van der Waals surface area (Å²) in [5, 5.41) is 9.99. The van der Waals surface area contributed by atoms with Gasteiger partial charge < -0.3 is 15.6 Å². The highest BCUT2D eigenvalue weighted by Crippen LogP contribution is 2.62. The second-order valence-electron chi connectivity index (χ2n) is 4.89. The maximum absolute atomic E-state index is 9.99. The van der Waals surface area contributed by atoms with Crippen LogP contribution in [0.5, 0.6) is 11.5 Å². The number of phenolic OH excluding ortho intramolecular Hbond substituents is 1. The monoisotopic (exact) mass is 207 g/mol. The number of phenols is 1. The number of nitrogens with two attached hydrogens (primary N) is 1. The van der Waals surface area contributed by atoms with E-state index < -0.39 is 5.54 Å². The molecular weight excluding hydrogens is 190 g/mol. The van der Waals surface area contributed by atoms with E-state index in [2.05, 4.69) is 13.8 Å². The van der Waals surface area contributed by atoms with Crippen LogP contribution in [-0.2, 0) is 5.54 Å². The van der Waals surface area contributed by atoms with Gasteiger partial charge in [0.05, 0.1) is 12.6 Å². The molecule has 3 heteroatoms. The smallest absolute Gasteiger partial charge is 0.162 e. The van der Waals surface area contributed by atoms with Gasteiger partial charge in [0.1, 0.15) is 0 Å². The Kier molecular flexibility index (Phi) is 1.98. The molecule has 2 rings (SSSR count). The van der Waals surface area contributed by atoms with Gasteiger partial charge in [-0.2, -0.15) is 0 Å². The number of aromatic hydroxyl groups is 1. The zero-order chi connectivity index (χ0) is 11.3. The second-order valence-corrected chi connectivity index (χ2v) is 4.89. The van der Waals surface area contributed by atoms with Crippen molar-refractivity contribution < 1.29 is 9.84 Å². The molecule has 1 atom stereocenters. The Morgan fingerprint density at radius 3 is 2.47 bits per heavy atom. The van der Waals surface area contributed by atoms with Crippen LogP contribution in [-0.4, -0.2) is 12.2 Å². The molecular formula is C12H17NO2. The molecule has 1 aliphatic carbocycles. The van der Waals surface area contributed by atoms with Crippen molar-refractivity contribution in [1.29, 1.82) is 0 Å². The van der Waals surface area contributed by atoms with E-state index in [-0.39, 0.29) is 11.2 Å². The van der Waals surface area contributed by atoms with Gasteiger partial charge in [0, 0.05) is 5.56 Å². The summed E-state index contributed by atoms with van der Waals surface area (Å²) in [6.07, 6.45) is 0.890. The molecule has 1 aromatic carbocycles. The fourth-order valence-electron chi connectivity index (χ4n) is 2.16. The maximum atomic E-state index is 9.99. The molecule has 1 fully saturated rings. The highest BCUT2D eigenvalue weighted by atomic mass is 16.5. The average molecular weight is 207 g/mol. The molecule has 15 heavy (non-hydrogen) atoms. The molecule has 1 aliphatic rings. The third kappa shape index (κ3) is 1.30. The molecule has 3 nitrogen and oxygen atoms in total.